The molecule has 0 unspecified atom stereocenters. The number of aromatic carboxylic acids is 1. The molecule has 0 bridgehead atoms. The van der Waals surface area contributed by atoms with Crippen molar-refractivity contribution in [1.82, 2.24) is 0 Å². The van der Waals surface area contributed by atoms with E-state index < -0.39 is 12.6 Å². The number of carboxylic acid groups (broad SMARTS) is 1. The second-order valence-corrected chi connectivity index (χ2v) is 3.18. The van der Waals surface area contributed by atoms with Crippen LogP contribution in [0.15, 0.2) is 22.7 Å². The summed E-state index contributed by atoms with van der Waals surface area (Å²) >= 11 is 2.93. The van der Waals surface area contributed by atoms with E-state index in [1.54, 1.807) is 0 Å². The predicted molar refractivity (Wildman–Crippen MR) is 47.7 cm³/mol. The molecule has 0 atom stereocenters. The summed E-state index contributed by atoms with van der Waals surface area (Å²) in [6.07, 6.45) is 0. The highest BCUT2D eigenvalue weighted by atomic mass is 79.9. The summed E-state index contributed by atoms with van der Waals surface area (Å²) in [5.41, 5.74) is -0.00776. The van der Waals surface area contributed by atoms with Crippen molar-refractivity contribution in [3.8, 4) is 5.75 Å². The molecule has 0 saturated carbocycles. The zero-order chi connectivity index (χ0) is 10.7. The van der Waals surface area contributed by atoms with E-state index in [1.165, 1.54) is 18.2 Å². The van der Waals surface area contributed by atoms with Crippen molar-refractivity contribution < 1.29 is 23.4 Å². The lowest BCUT2D eigenvalue weighted by Crippen LogP contribution is -2.03. The summed E-state index contributed by atoms with van der Waals surface area (Å²) in [6, 6.07) is 3.53. The molecule has 0 fully saturated rings. The van der Waals surface area contributed by atoms with E-state index in [9.17, 15) is 13.6 Å². The fourth-order valence-corrected chi connectivity index (χ4v) is 1.37. The third-order valence-electron chi connectivity index (χ3n) is 1.40. The van der Waals surface area contributed by atoms with Gasteiger partial charge in [0.15, 0.2) is 0 Å². The maximum atomic E-state index is 11.8. The van der Waals surface area contributed by atoms with Crippen molar-refractivity contribution in [2.75, 3.05) is 0 Å². The van der Waals surface area contributed by atoms with Gasteiger partial charge in [-0.3, -0.25) is 0 Å². The number of benzene rings is 1. The van der Waals surface area contributed by atoms with Gasteiger partial charge in [0, 0.05) is 4.47 Å². The van der Waals surface area contributed by atoms with Crippen LogP contribution < -0.4 is 4.74 Å². The molecule has 76 valence electrons. The van der Waals surface area contributed by atoms with Gasteiger partial charge in [0.05, 0.1) is 5.56 Å². The Morgan fingerprint density at radius 1 is 1.50 bits per heavy atom. The summed E-state index contributed by atoms with van der Waals surface area (Å²) in [6.45, 7) is -2.92. The van der Waals surface area contributed by atoms with E-state index >= 15 is 0 Å². The highest BCUT2D eigenvalue weighted by Crippen LogP contribution is 2.24. The van der Waals surface area contributed by atoms with Crippen LogP contribution in [-0.2, 0) is 0 Å². The lowest BCUT2D eigenvalue weighted by atomic mass is 10.2. The first-order chi connectivity index (χ1) is 6.50. The van der Waals surface area contributed by atoms with Gasteiger partial charge in [0.2, 0.25) is 0 Å². The summed E-state index contributed by atoms with van der Waals surface area (Å²) in [7, 11) is 0. The molecule has 0 aromatic heterocycles. The molecule has 0 heterocycles. The van der Waals surface area contributed by atoms with Crippen LogP contribution in [0.2, 0.25) is 0 Å². The Morgan fingerprint density at radius 3 is 2.57 bits per heavy atom. The third-order valence-corrected chi connectivity index (χ3v) is 2.05. The van der Waals surface area contributed by atoms with E-state index in [2.05, 4.69) is 20.7 Å². The summed E-state index contributed by atoms with van der Waals surface area (Å²) in [5, 5.41) is 8.62. The second kappa shape index (κ2) is 4.36. The van der Waals surface area contributed by atoms with E-state index in [0.717, 1.165) is 0 Å². The Labute approximate surface area is 86.4 Å². The zero-order valence-electron chi connectivity index (χ0n) is 6.71. The number of hydrogen-bond donors (Lipinski definition) is 1. The van der Waals surface area contributed by atoms with Crippen LogP contribution in [-0.4, -0.2) is 17.7 Å². The van der Waals surface area contributed by atoms with Crippen molar-refractivity contribution in [2.24, 2.45) is 0 Å². The molecule has 1 N–H and O–H groups in total. The summed E-state index contributed by atoms with van der Waals surface area (Å²) < 4.78 is 27.8. The first-order valence-electron chi connectivity index (χ1n) is 3.48. The van der Waals surface area contributed by atoms with Crippen LogP contribution in [0.4, 0.5) is 8.78 Å². The van der Waals surface area contributed by atoms with E-state index in [4.69, 9.17) is 5.11 Å². The van der Waals surface area contributed by atoms with Gasteiger partial charge in [-0.1, -0.05) is 0 Å². The van der Waals surface area contributed by atoms with Gasteiger partial charge in [-0.05, 0) is 34.1 Å². The van der Waals surface area contributed by atoms with Crippen molar-refractivity contribution in [1.29, 1.82) is 0 Å². The molecule has 1 rings (SSSR count). The summed E-state index contributed by atoms with van der Waals surface area (Å²) in [4.78, 5) is 10.5. The van der Waals surface area contributed by atoms with E-state index in [0.29, 0.717) is 0 Å². The van der Waals surface area contributed by atoms with Crippen molar-refractivity contribution in [2.45, 2.75) is 6.61 Å². The maximum absolute atomic E-state index is 11.8. The standard InChI is InChI=1S/C8H5BrF2O3/c9-6-3-4(14-8(10)11)1-2-5(6)7(12)13/h1-3,8H,(H,12,13). The van der Waals surface area contributed by atoms with Crippen molar-refractivity contribution in [3.63, 3.8) is 0 Å². The number of carboxylic acids is 1. The average Bonchev–Trinajstić information content (AvgIpc) is 2.01. The number of carbonyl (C=O) groups is 1. The van der Waals surface area contributed by atoms with E-state index in [1.807, 2.05) is 0 Å². The van der Waals surface area contributed by atoms with Gasteiger partial charge in [0.1, 0.15) is 5.75 Å². The monoisotopic (exact) mass is 266 g/mol. The molecule has 0 amide bonds. The van der Waals surface area contributed by atoms with Crippen LogP contribution in [0.25, 0.3) is 0 Å². The number of hydrogen-bond acceptors (Lipinski definition) is 2. The van der Waals surface area contributed by atoms with E-state index in [-0.39, 0.29) is 15.8 Å². The topological polar surface area (TPSA) is 46.5 Å². The van der Waals surface area contributed by atoms with Crippen LogP contribution in [0.1, 0.15) is 10.4 Å². The molecular weight excluding hydrogens is 262 g/mol. The van der Waals surface area contributed by atoms with Crippen LogP contribution in [0, 0.1) is 0 Å². The van der Waals surface area contributed by atoms with Crippen molar-refractivity contribution >= 4 is 21.9 Å². The third kappa shape index (κ3) is 2.66. The van der Waals surface area contributed by atoms with Gasteiger partial charge in [0.25, 0.3) is 0 Å². The summed E-state index contributed by atoms with van der Waals surface area (Å²) in [5.74, 6) is -1.22. The number of alkyl halides is 2. The Kier molecular flexibility index (Phi) is 3.40. The Morgan fingerprint density at radius 2 is 2.14 bits per heavy atom. The number of rotatable bonds is 3. The number of halogens is 3. The Balaban J connectivity index is 2.94. The first-order valence-corrected chi connectivity index (χ1v) is 4.27. The molecular formula is C8H5BrF2O3. The van der Waals surface area contributed by atoms with Gasteiger partial charge >= 0.3 is 12.6 Å². The molecule has 0 saturated heterocycles. The Hall–Kier alpha value is -1.17. The fraction of sp³-hybridized carbons (Fsp3) is 0.125. The Bertz CT molecular complexity index is 354. The minimum atomic E-state index is -2.92. The lowest BCUT2D eigenvalue weighted by Gasteiger charge is -2.05. The average molecular weight is 267 g/mol. The van der Waals surface area contributed by atoms with Gasteiger partial charge in [-0.15, -0.1) is 0 Å². The lowest BCUT2D eigenvalue weighted by molar-refractivity contribution is -0.0498. The molecule has 3 nitrogen and oxygen atoms in total. The first kappa shape index (κ1) is 10.9. The molecule has 0 spiro atoms. The van der Waals surface area contributed by atoms with Crippen LogP contribution >= 0.6 is 15.9 Å². The normalized spacial score (nSPS) is 10.3. The zero-order valence-corrected chi connectivity index (χ0v) is 8.29. The van der Waals surface area contributed by atoms with Gasteiger partial charge in [-0.25, -0.2) is 4.79 Å². The molecule has 0 radical (unpaired) electrons. The second-order valence-electron chi connectivity index (χ2n) is 2.33. The molecule has 1 aromatic carbocycles. The molecule has 1 aromatic rings. The molecule has 0 aliphatic rings. The molecule has 14 heavy (non-hydrogen) atoms. The number of ether oxygens (including phenoxy) is 1. The van der Waals surface area contributed by atoms with Gasteiger partial charge in [-0.2, -0.15) is 8.78 Å². The fourth-order valence-electron chi connectivity index (χ4n) is 0.845. The highest BCUT2D eigenvalue weighted by molar-refractivity contribution is 9.10. The van der Waals surface area contributed by atoms with Crippen molar-refractivity contribution in [3.05, 3.63) is 28.2 Å². The predicted octanol–water partition coefficient (Wildman–Crippen LogP) is 2.75. The molecule has 6 heteroatoms. The van der Waals surface area contributed by atoms with Crippen LogP contribution in [0.5, 0.6) is 5.75 Å². The SMILES string of the molecule is O=C(O)c1ccc(OC(F)F)cc1Br. The largest absolute Gasteiger partial charge is 0.478 e. The molecule has 0 aliphatic heterocycles. The maximum Gasteiger partial charge on any atom is 0.387 e. The molecule has 0 aliphatic carbocycles. The minimum Gasteiger partial charge on any atom is -0.478 e. The smallest absolute Gasteiger partial charge is 0.387 e. The van der Waals surface area contributed by atoms with Crippen LogP contribution in [0.3, 0.4) is 0 Å². The highest BCUT2D eigenvalue weighted by Gasteiger charge is 2.10. The quantitative estimate of drug-likeness (QED) is 0.915. The van der Waals surface area contributed by atoms with Gasteiger partial charge < -0.3 is 9.84 Å². The minimum absolute atomic E-state index is 0.00776.